The number of nitrogens with one attached hydrogen (secondary N) is 3. The minimum atomic E-state index is -0.243. The van der Waals surface area contributed by atoms with Crippen LogP contribution in [0.2, 0.25) is 0 Å². The summed E-state index contributed by atoms with van der Waals surface area (Å²) in [5.41, 5.74) is 4.46. The third kappa shape index (κ3) is 4.84. The van der Waals surface area contributed by atoms with Crippen LogP contribution in [-0.4, -0.2) is 28.9 Å². The van der Waals surface area contributed by atoms with Crippen molar-refractivity contribution < 1.29 is 9.53 Å². The van der Waals surface area contributed by atoms with Gasteiger partial charge in [-0.2, -0.15) is 5.10 Å². The van der Waals surface area contributed by atoms with Gasteiger partial charge in [-0.05, 0) is 50.1 Å². The van der Waals surface area contributed by atoms with Gasteiger partial charge in [0.05, 0.1) is 12.8 Å². The van der Waals surface area contributed by atoms with Gasteiger partial charge in [-0.15, -0.1) is 0 Å². The molecule has 7 nitrogen and oxygen atoms in total. The number of amides is 1. The molecule has 0 saturated heterocycles. The Bertz CT molecular complexity index is 729. The molecule has 0 radical (unpaired) electrons. The van der Waals surface area contributed by atoms with Crippen molar-refractivity contribution in [3.63, 3.8) is 0 Å². The Labute approximate surface area is 133 Å². The summed E-state index contributed by atoms with van der Waals surface area (Å²) in [6.45, 7) is 4.33. The summed E-state index contributed by atoms with van der Waals surface area (Å²) in [6.07, 6.45) is 2.12. The van der Waals surface area contributed by atoms with E-state index in [4.69, 9.17) is 4.74 Å². The van der Waals surface area contributed by atoms with Crippen LogP contribution in [0.3, 0.4) is 0 Å². The lowest BCUT2D eigenvalue weighted by Crippen LogP contribution is -2.19. The lowest BCUT2D eigenvalue weighted by atomic mass is 10.1. The molecule has 0 saturated carbocycles. The molecule has 7 heteroatoms. The fourth-order valence-electron chi connectivity index (χ4n) is 2.06. The van der Waals surface area contributed by atoms with E-state index >= 15 is 0 Å². The van der Waals surface area contributed by atoms with E-state index < -0.39 is 0 Å². The summed E-state index contributed by atoms with van der Waals surface area (Å²) >= 11 is 0. The van der Waals surface area contributed by atoms with Crippen LogP contribution in [0.4, 0.5) is 0 Å². The first-order valence-electron chi connectivity index (χ1n) is 7.41. The first kappa shape index (κ1) is 16.5. The van der Waals surface area contributed by atoms with Gasteiger partial charge in [-0.1, -0.05) is 0 Å². The highest BCUT2D eigenvalue weighted by atomic mass is 16.5. The Morgan fingerprint density at radius 3 is 2.65 bits per heavy atom. The number of nitrogens with zero attached hydrogens (tertiary/aromatic N) is 1. The zero-order valence-corrected chi connectivity index (χ0v) is 13.2. The maximum absolute atomic E-state index is 11.7. The summed E-state index contributed by atoms with van der Waals surface area (Å²) < 4.78 is 5.35. The third-order valence-corrected chi connectivity index (χ3v) is 3.29. The van der Waals surface area contributed by atoms with Crippen LogP contribution in [0.1, 0.15) is 30.2 Å². The lowest BCUT2D eigenvalue weighted by Gasteiger charge is -2.02. The number of aromatic nitrogens is 2. The van der Waals surface area contributed by atoms with E-state index in [-0.39, 0.29) is 17.9 Å². The second kappa shape index (κ2) is 7.98. The number of H-pyrrole nitrogens is 2. The Balaban J connectivity index is 1.80. The molecule has 1 amide bonds. The standard InChI is InChI=1S/C16H20N4O3/c1-3-23-13-6-4-12(5-7-13)10-17-19-15(21)9-8-14-11(2)18-20-16(14)22/h4-7,10H,3,8-9H2,1-2H3,(H,19,21)(H2,18,20,22)/b17-10+. The molecule has 0 bridgehead atoms. The molecule has 0 aliphatic rings. The van der Waals surface area contributed by atoms with Crippen molar-refractivity contribution in [3.8, 4) is 5.75 Å². The van der Waals surface area contributed by atoms with Gasteiger partial charge in [-0.3, -0.25) is 14.7 Å². The molecule has 1 aromatic heterocycles. The van der Waals surface area contributed by atoms with Gasteiger partial charge in [0.2, 0.25) is 5.91 Å². The van der Waals surface area contributed by atoms with E-state index in [1.54, 1.807) is 13.1 Å². The second-order valence-corrected chi connectivity index (χ2v) is 4.98. The molecule has 2 rings (SSSR count). The minimum absolute atomic E-state index is 0.187. The quantitative estimate of drug-likeness (QED) is 0.533. The van der Waals surface area contributed by atoms with Crippen molar-refractivity contribution in [3.05, 3.63) is 51.4 Å². The number of ether oxygens (including phenoxy) is 1. The fourth-order valence-corrected chi connectivity index (χ4v) is 2.06. The van der Waals surface area contributed by atoms with Gasteiger partial charge in [0.1, 0.15) is 5.75 Å². The number of carbonyl (C=O) groups is 1. The predicted molar refractivity (Wildman–Crippen MR) is 87.8 cm³/mol. The second-order valence-electron chi connectivity index (χ2n) is 4.98. The first-order chi connectivity index (χ1) is 11.1. The predicted octanol–water partition coefficient (Wildman–Crippen LogP) is 1.49. The van der Waals surface area contributed by atoms with Crippen molar-refractivity contribution in [2.45, 2.75) is 26.7 Å². The van der Waals surface area contributed by atoms with E-state index in [0.717, 1.165) is 17.0 Å². The van der Waals surface area contributed by atoms with Crippen LogP contribution < -0.4 is 15.7 Å². The van der Waals surface area contributed by atoms with Gasteiger partial charge in [0, 0.05) is 17.7 Å². The molecule has 23 heavy (non-hydrogen) atoms. The van der Waals surface area contributed by atoms with Crippen LogP contribution in [0.25, 0.3) is 0 Å². The lowest BCUT2D eigenvalue weighted by molar-refractivity contribution is -0.121. The Hall–Kier alpha value is -2.83. The molecule has 0 fully saturated rings. The molecule has 0 unspecified atom stereocenters. The average molecular weight is 316 g/mol. The number of aryl methyl sites for hydroxylation is 1. The maximum Gasteiger partial charge on any atom is 0.267 e. The smallest absolute Gasteiger partial charge is 0.267 e. The van der Waals surface area contributed by atoms with Crippen molar-refractivity contribution in [1.82, 2.24) is 15.6 Å². The number of rotatable bonds is 7. The molecular weight excluding hydrogens is 296 g/mol. The van der Waals surface area contributed by atoms with Crippen molar-refractivity contribution in [2.24, 2.45) is 5.10 Å². The number of benzene rings is 1. The number of carbonyl (C=O) groups excluding carboxylic acids is 1. The molecule has 0 aliphatic carbocycles. The highest BCUT2D eigenvalue weighted by Gasteiger charge is 2.08. The van der Waals surface area contributed by atoms with Gasteiger partial charge in [-0.25, -0.2) is 5.43 Å². The highest BCUT2D eigenvalue weighted by Crippen LogP contribution is 2.10. The monoisotopic (exact) mass is 316 g/mol. The van der Waals surface area contributed by atoms with Crippen LogP contribution in [0.15, 0.2) is 34.2 Å². The van der Waals surface area contributed by atoms with Crippen molar-refractivity contribution in [1.29, 1.82) is 0 Å². The molecule has 0 atom stereocenters. The molecule has 1 aromatic carbocycles. The Morgan fingerprint density at radius 1 is 1.30 bits per heavy atom. The topological polar surface area (TPSA) is 99.3 Å². The molecule has 1 heterocycles. The van der Waals surface area contributed by atoms with Crippen LogP contribution in [0.5, 0.6) is 5.75 Å². The van der Waals surface area contributed by atoms with E-state index in [1.165, 1.54) is 0 Å². The summed E-state index contributed by atoms with van der Waals surface area (Å²) in [5, 5.41) is 9.12. The number of hydrogen-bond donors (Lipinski definition) is 3. The normalized spacial score (nSPS) is 10.9. The van der Waals surface area contributed by atoms with Crippen LogP contribution in [0, 0.1) is 6.92 Å². The molecule has 122 valence electrons. The van der Waals surface area contributed by atoms with Crippen molar-refractivity contribution in [2.75, 3.05) is 6.61 Å². The number of hydrazone groups is 1. The third-order valence-electron chi connectivity index (χ3n) is 3.29. The van der Waals surface area contributed by atoms with Gasteiger partial charge >= 0.3 is 0 Å². The zero-order valence-electron chi connectivity index (χ0n) is 13.2. The number of hydrogen-bond acceptors (Lipinski definition) is 4. The summed E-state index contributed by atoms with van der Waals surface area (Å²) in [4.78, 5) is 23.2. The van der Waals surface area contributed by atoms with Crippen LogP contribution >= 0.6 is 0 Å². The Morgan fingerprint density at radius 2 is 2.04 bits per heavy atom. The van der Waals surface area contributed by atoms with E-state index in [1.807, 2.05) is 31.2 Å². The molecule has 3 N–H and O–H groups in total. The highest BCUT2D eigenvalue weighted by molar-refractivity contribution is 5.82. The van der Waals surface area contributed by atoms with Crippen LogP contribution in [-0.2, 0) is 11.2 Å². The minimum Gasteiger partial charge on any atom is -0.494 e. The van der Waals surface area contributed by atoms with Crippen molar-refractivity contribution >= 4 is 12.1 Å². The Kier molecular flexibility index (Phi) is 5.74. The summed E-state index contributed by atoms with van der Waals surface area (Å²) in [5.74, 6) is 0.549. The van der Waals surface area contributed by atoms with Gasteiger partial charge in [0.15, 0.2) is 0 Å². The zero-order chi connectivity index (χ0) is 16.7. The average Bonchev–Trinajstić information content (AvgIpc) is 2.86. The van der Waals surface area contributed by atoms with E-state index in [2.05, 4.69) is 20.7 Å². The maximum atomic E-state index is 11.7. The van der Waals surface area contributed by atoms with E-state index in [0.29, 0.717) is 18.6 Å². The number of aromatic amines is 2. The molecule has 0 aliphatic heterocycles. The fraction of sp³-hybridized carbons (Fsp3) is 0.312. The molecule has 0 spiro atoms. The summed E-state index contributed by atoms with van der Waals surface area (Å²) in [6, 6.07) is 7.38. The van der Waals surface area contributed by atoms with E-state index in [9.17, 15) is 9.59 Å². The first-order valence-corrected chi connectivity index (χ1v) is 7.41. The van der Waals surface area contributed by atoms with Gasteiger partial charge in [0.25, 0.3) is 5.56 Å². The van der Waals surface area contributed by atoms with Gasteiger partial charge < -0.3 is 9.84 Å². The molecule has 2 aromatic rings. The SMILES string of the molecule is CCOc1ccc(/C=N/NC(=O)CCc2c(C)[nH][nH]c2=O)cc1. The molecular formula is C16H20N4O3. The largest absolute Gasteiger partial charge is 0.494 e. The summed E-state index contributed by atoms with van der Waals surface area (Å²) in [7, 11) is 0.